The number of hydrogen-bond donors (Lipinski definition) is 0. The van der Waals surface area contributed by atoms with Crippen molar-refractivity contribution in [3.8, 4) is 0 Å². The molecular formula is C7H8N2O2-2. The van der Waals surface area contributed by atoms with Crippen LogP contribution in [-0.4, -0.2) is 12.2 Å². The first kappa shape index (κ1) is 8.00. The molecular weight excluding hydrogens is 144 g/mol. The summed E-state index contributed by atoms with van der Waals surface area (Å²) in [6.45, 7) is 0. The Balaban J connectivity index is 2.77. The number of nitrogens with zero attached hydrogens (tertiary/aromatic N) is 2. The summed E-state index contributed by atoms with van der Waals surface area (Å²) in [6.07, 6.45) is 0. The fraction of sp³-hybridized carbons (Fsp3) is 0.143. The Hall–Kier alpha value is -1.10. The van der Waals surface area contributed by atoms with E-state index in [1.54, 1.807) is 30.3 Å². The Bertz CT molecular complexity index is 213. The van der Waals surface area contributed by atoms with E-state index in [1.807, 2.05) is 0 Å². The summed E-state index contributed by atoms with van der Waals surface area (Å²) in [5.74, 6) is 0. The third kappa shape index (κ3) is 1.91. The molecule has 11 heavy (non-hydrogen) atoms. The SMILES string of the molecule is CN([O-])N([O-])c1ccccc1. The zero-order valence-corrected chi connectivity index (χ0v) is 6.10. The predicted octanol–water partition coefficient (Wildman–Crippen LogP) is 1.34. The fourth-order valence-electron chi connectivity index (χ4n) is 0.718. The van der Waals surface area contributed by atoms with Crippen molar-refractivity contribution < 1.29 is 0 Å². The van der Waals surface area contributed by atoms with Crippen LogP contribution in [0.1, 0.15) is 0 Å². The molecule has 0 saturated heterocycles. The van der Waals surface area contributed by atoms with E-state index in [0.29, 0.717) is 5.69 Å². The van der Waals surface area contributed by atoms with Crippen LogP contribution in [0.4, 0.5) is 5.69 Å². The lowest BCUT2D eigenvalue weighted by molar-refractivity contribution is 0.465. The number of hydroxylamine groups is 1. The minimum Gasteiger partial charge on any atom is -0.768 e. The molecule has 0 amide bonds. The van der Waals surface area contributed by atoms with Crippen molar-refractivity contribution in [1.29, 1.82) is 0 Å². The maximum atomic E-state index is 10.9. The number of anilines is 1. The van der Waals surface area contributed by atoms with Crippen molar-refractivity contribution in [1.82, 2.24) is 5.17 Å². The first-order valence-corrected chi connectivity index (χ1v) is 3.15. The number of benzene rings is 1. The molecule has 0 bridgehead atoms. The highest BCUT2D eigenvalue weighted by molar-refractivity contribution is 5.45. The van der Waals surface area contributed by atoms with Crippen LogP contribution in [0.5, 0.6) is 0 Å². The van der Waals surface area contributed by atoms with Gasteiger partial charge in [-0.2, -0.15) is 0 Å². The zero-order chi connectivity index (χ0) is 8.27. The third-order valence-electron chi connectivity index (χ3n) is 1.23. The molecule has 0 fully saturated rings. The molecule has 0 aromatic heterocycles. The maximum Gasteiger partial charge on any atom is 0.0398 e. The van der Waals surface area contributed by atoms with Crippen LogP contribution in [0.3, 0.4) is 0 Å². The molecule has 0 N–H and O–H groups in total. The molecule has 0 aliphatic rings. The van der Waals surface area contributed by atoms with Crippen LogP contribution in [0, 0.1) is 10.4 Å². The largest absolute Gasteiger partial charge is 0.768 e. The fourth-order valence-corrected chi connectivity index (χ4v) is 0.718. The molecule has 0 aliphatic heterocycles. The molecule has 0 heterocycles. The lowest BCUT2D eigenvalue weighted by Gasteiger charge is -2.43. The van der Waals surface area contributed by atoms with Crippen molar-refractivity contribution >= 4 is 5.69 Å². The van der Waals surface area contributed by atoms with Gasteiger partial charge in [0, 0.05) is 5.69 Å². The zero-order valence-electron chi connectivity index (χ0n) is 6.10. The van der Waals surface area contributed by atoms with Gasteiger partial charge in [0.1, 0.15) is 0 Å². The average Bonchev–Trinajstić information content (AvgIpc) is 2.05. The van der Waals surface area contributed by atoms with Gasteiger partial charge >= 0.3 is 0 Å². The Morgan fingerprint density at radius 1 is 1.09 bits per heavy atom. The van der Waals surface area contributed by atoms with Crippen LogP contribution >= 0.6 is 0 Å². The van der Waals surface area contributed by atoms with Crippen LogP contribution in [-0.2, 0) is 0 Å². The van der Waals surface area contributed by atoms with Gasteiger partial charge in [0.2, 0.25) is 0 Å². The van der Waals surface area contributed by atoms with Gasteiger partial charge in [-0.25, -0.2) is 0 Å². The molecule has 4 heteroatoms. The van der Waals surface area contributed by atoms with E-state index in [9.17, 15) is 10.4 Å². The van der Waals surface area contributed by atoms with Gasteiger partial charge < -0.3 is 20.8 Å². The van der Waals surface area contributed by atoms with Gasteiger partial charge in [0.25, 0.3) is 0 Å². The number of rotatable bonds is 2. The van der Waals surface area contributed by atoms with E-state index >= 15 is 0 Å². The van der Waals surface area contributed by atoms with Crippen LogP contribution < -0.4 is 5.17 Å². The predicted molar refractivity (Wildman–Crippen MR) is 43.4 cm³/mol. The Morgan fingerprint density at radius 3 is 2.09 bits per heavy atom. The second-order valence-corrected chi connectivity index (χ2v) is 2.07. The van der Waals surface area contributed by atoms with Gasteiger partial charge in [-0.1, -0.05) is 18.2 Å². The molecule has 0 spiro atoms. The highest BCUT2D eigenvalue weighted by atomic mass is 16.7. The quantitative estimate of drug-likeness (QED) is 0.600. The van der Waals surface area contributed by atoms with Crippen LogP contribution in [0.25, 0.3) is 0 Å². The Labute approximate surface area is 64.8 Å². The highest BCUT2D eigenvalue weighted by Crippen LogP contribution is 2.11. The van der Waals surface area contributed by atoms with E-state index in [0.717, 1.165) is 7.05 Å². The first-order chi connectivity index (χ1) is 5.22. The summed E-state index contributed by atoms with van der Waals surface area (Å²) in [4.78, 5) is 0. The van der Waals surface area contributed by atoms with Crippen molar-refractivity contribution in [3.63, 3.8) is 0 Å². The molecule has 1 aromatic carbocycles. The summed E-state index contributed by atoms with van der Waals surface area (Å²) >= 11 is 0. The smallest absolute Gasteiger partial charge is 0.0398 e. The molecule has 0 aliphatic carbocycles. The topological polar surface area (TPSA) is 52.6 Å². The minimum absolute atomic E-state index is 0.231. The summed E-state index contributed by atoms with van der Waals surface area (Å²) in [7, 11) is 1.15. The minimum atomic E-state index is 0.231. The standard InChI is InChI=1S/C7H8N2O2/c1-8(10)9(11)7-5-3-2-4-6-7/h2-6H,1H3/q-2. The second-order valence-electron chi connectivity index (χ2n) is 2.07. The van der Waals surface area contributed by atoms with Crippen molar-refractivity contribution in [2.24, 2.45) is 0 Å². The molecule has 0 atom stereocenters. The number of hydrogen-bond acceptors (Lipinski definition) is 4. The lowest BCUT2D eigenvalue weighted by atomic mass is 10.3. The molecule has 1 aromatic rings. The highest BCUT2D eigenvalue weighted by Gasteiger charge is 1.89. The molecule has 4 nitrogen and oxygen atoms in total. The Kier molecular flexibility index (Phi) is 2.43. The van der Waals surface area contributed by atoms with Gasteiger partial charge in [-0.05, 0) is 19.2 Å². The Morgan fingerprint density at radius 2 is 1.64 bits per heavy atom. The molecule has 0 saturated carbocycles. The van der Waals surface area contributed by atoms with E-state index in [2.05, 4.69) is 0 Å². The van der Waals surface area contributed by atoms with Crippen molar-refractivity contribution in [3.05, 3.63) is 40.7 Å². The van der Waals surface area contributed by atoms with Gasteiger partial charge in [-0.15, -0.1) is 0 Å². The molecule has 0 radical (unpaired) electrons. The molecule has 1 rings (SSSR count). The summed E-state index contributed by atoms with van der Waals surface area (Å²) < 4.78 is 0. The third-order valence-corrected chi connectivity index (χ3v) is 1.23. The first-order valence-electron chi connectivity index (χ1n) is 3.15. The maximum absolute atomic E-state index is 10.9. The molecule has 60 valence electrons. The number of hydrazine groups is 1. The van der Waals surface area contributed by atoms with E-state index in [1.165, 1.54) is 0 Å². The second kappa shape index (κ2) is 3.34. The van der Waals surface area contributed by atoms with E-state index in [-0.39, 0.29) is 10.3 Å². The van der Waals surface area contributed by atoms with Gasteiger partial charge in [-0.3, -0.25) is 0 Å². The van der Waals surface area contributed by atoms with Crippen molar-refractivity contribution in [2.75, 3.05) is 12.2 Å². The monoisotopic (exact) mass is 152 g/mol. The van der Waals surface area contributed by atoms with E-state index < -0.39 is 0 Å². The van der Waals surface area contributed by atoms with Crippen LogP contribution in [0.2, 0.25) is 0 Å². The summed E-state index contributed by atoms with van der Waals surface area (Å²) in [5.41, 5.74) is 0.338. The van der Waals surface area contributed by atoms with Gasteiger partial charge in [0.15, 0.2) is 0 Å². The summed E-state index contributed by atoms with van der Waals surface area (Å²) in [5, 5.41) is 21.9. The van der Waals surface area contributed by atoms with Crippen LogP contribution in [0.15, 0.2) is 30.3 Å². The van der Waals surface area contributed by atoms with Crippen molar-refractivity contribution in [2.45, 2.75) is 0 Å². The molecule has 0 unspecified atom stereocenters. The normalized spacial score (nSPS) is 10.2. The lowest BCUT2D eigenvalue weighted by Crippen LogP contribution is -2.29. The van der Waals surface area contributed by atoms with E-state index in [4.69, 9.17) is 0 Å². The average molecular weight is 152 g/mol. The van der Waals surface area contributed by atoms with Gasteiger partial charge in [0.05, 0.1) is 0 Å². The summed E-state index contributed by atoms with van der Waals surface area (Å²) in [6, 6.07) is 8.32. The number of para-hydroxylation sites is 1.